The van der Waals surface area contributed by atoms with Crippen LogP contribution in [0.15, 0.2) is 83.9 Å². The number of guanidine groups is 1. The average molecular weight is 357 g/mol. The van der Waals surface area contributed by atoms with E-state index in [1.54, 1.807) is 0 Å². The minimum atomic E-state index is 0.578. The fourth-order valence-electron chi connectivity index (χ4n) is 3.15. The lowest BCUT2D eigenvalue weighted by molar-refractivity contribution is 0.319. The summed E-state index contributed by atoms with van der Waals surface area (Å²) in [5.41, 5.74) is 4.72. The third-order valence-electron chi connectivity index (χ3n) is 4.53. The first-order valence-electron chi connectivity index (χ1n) is 9.27. The molecule has 4 heteroatoms. The van der Waals surface area contributed by atoms with Gasteiger partial charge in [0, 0.05) is 13.0 Å². The molecule has 0 spiro atoms. The molecule has 0 aromatic heterocycles. The predicted octanol–water partition coefficient (Wildman–Crippen LogP) is 4.04. The first-order chi connectivity index (χ1) is 13.4. The maximum atomic E-state index is 6.02. The van der Waals surface area contributed by atoms with Crippen LogP contribution in [0.2, 0.25) is 0 Å². The van der Waals surface area contributed by atoms with Crippen molar-refractivity contribution in [3.05, 3.63) is 95.6 Å². The van der Waals surface area contributed by atoms with Gasteiger partial charge in [-0.2, -0.15) is 0 Å². The van der Waals surface area contributed by atoms with E-state index in [9.17, 15) is 0 Å². The molecule has 27 heavy (non-hydrogen) atoms. The SMILES string of the molecule is c1ccc(Cc2ccccc2OCCNC2=Nc3ccccc3CN2)cc1. The summed E-state index contributed by atoms with van der Waals surface area (Å²) < 4.78 is 6.02. The largest absolute Gasteiger partial charge is 0.491 e. The Labute approximate surface area is 159 Å². The number of aliphatic imine (C=N–C) groups is 1. The van der Waals surface area contributed by atoms with Crippen molar-refractivity contribution in [2.24, 2.45) is 4.99 Å². The van der Waals surface area contributed by atoms with Crippen molar-refractivity contribution in [2.45, 2.75) is 13.0 Å². The molecule has 0 saturated carbocycles. The Hall–Kier alpha value is -3.27. The normalized spacial score (nSPS) is 12.5. The summed E-state index contributed by atoms with van der Waals surface area (Å²) in [5.74, 6) is 1.74. The quantitative estimate of drug-likeness (QED) is 0.655. The van der Waals surface area contributed by atoms with Crippen molar-refractivity contribution in [3.8, 4) is 5.75 Å². The van der Waals surface area contributed by atoms with Gasteiger partial charge in [-0.25, -0.2) is 4.99 Å². The Morgan fingerprint density at radius 3 is 2.59 bits per heavy atom. The first kappa shape index (κ1) is 17.2. The second-order valence-electron chi connectivity index (χ2n) is 6.49. The van der Waals surface area contributed by atoms with Crippen molar-refractivity contribution < 1.29 is 4.74 Å². The highest BCUT2D eigenvalue weighted by Gasteiger charge is 2.10. The van der Waals surface area contributed by atoms with Crippen molar-refractivity contribution in [2.75, 3.05) is 13.2 Å². The van der Waals surface area contributed by atoms with Crippen LogP contribution in [0.25, 0.3) is 0 Å². The third-order valence-corrected chi connectivity index (χ3v) is 4.53. The Kier molecular flexibility index (Phi) is 5.34. The fourth-order valence-corrected chi connectivity index (χ4v) is 3.15. The molecule has 0 saturated heterocycles. The predicted molar refractivity (Wildman–Crippen MR) is 110 cm³/mol. The molecule has 3 aromatic rings. The highest BCUT2D eigenvalue weighted by atomic mass is 16.5. The van der Waals surface area contributed by atoms with Gasteiger partial charge in [0.15, 0.2) is 5.96 Å². The summed E-state index contributed by atoms with van der Waals surface area (Å²) in [5, 5.41) is 6.62. The molecule has 0 unspecified atom stereocenters. The van der Waals surface area contributed by atoms with Crippen LogP contribution >= 0.6 is 0 Å². The van der Waals surface area contributed by atoms with Gasteiger partial charge < -0.3 is 15.4 Å². The van der Waals surface area contributed by atoms with Crippen LogP contribution in [0.5, 0.6) is 5.75 Å². The van der Waals surface area contributed by atoms with Crippen LogP contribution in [0.3, 0.4) is 0 Å². The molecule has 4 rings (SSSR count). The number of nitrogens with one attached hydrogen (secondary N) is 2. The molecular formula is C23H23N3O. The van der Waals surface area contributed by atoms with E-state index < -0.39 is 0 Å². The van der Waals surface area contributed by atoms with Crippen LogP contribution < -0.4 is 15.4 Å². The van der Waals surface area contributed by atoms with E-state index in [2.05, 4.69) is 58.1 Å². The van der Waals surface area contributed by atoms with Crippen molar-refractivity contribution >= 4 is 11.6 Å². The number of para-hydroxylation sites is 2. The first-order valence-corrected chi connectivity index (χ1v) is 9.27. The molecule has 1 aliphatic rings. The second-order valence-corrected chi connectivity index (χ2v) is 6.49. The highest BCUT2D eigenvalue weighted by Crippen LogP contribution is 2.22. The van der Waals surface area contributed by atoms with Gasteiger partial charge in [0.05, 0.1) is 12.2 Å². The minimum absolute atomic E-state index is 0.578. The summed E-state index contributed by atoms with van der Waals surface area (Å²) >= 11 is 0. The summed E-state index contributed by atoms with van der Waals surface area (Å²) in [6.07, 6.45) is 0.871. The minimum Gasteiger partial charge on any atom is -0.491 e. The lowest BCUT2D eigenvalue weighted by atomic mass is 10.0. The van der Waals surface area contributed by atoms with Crippen molar-refractivity contribution in [3.63, 3.8) is 0 Å². The molecule has 1 aliphatic heterocycles. The molecule has 0 radical (unpaired) electrons. The molecule has 0 amide bonds. The molecule has 1 heterocycles. The van der Waals surface area contributed by atoms with Gasteiger partial charge in [-0.05, 0) is 28.8 Å². The van der Waals surface area contributed by atoms with Crippen LogP contribution in [0.4, 0.5) is 5.69 Å². The monoisotopic (exact) mass is 357 g/mol. The number of ether oxygens (including phenoxy) is 1. The summed E-state index contributed by atoms with van der Waals surface area (Å²) in [6, 6.07) is 26.9. The van der Waals surface area contributed by atoms with Gasteiger partial charge in [0.1, 0.15) is 12.4 Å². The Bertz CT molecular complexity index is 922. The maximum Gasteiger partial charge on any atom is 0.196 e. The van der Waals surface area contributed by atoms with E-state index in [0.29, 0.717) is 13.2 Å². The molecule has 0 atom stereocenters. The van der Waals surface area contributed by atoms with Gasteiger partial charge in [-0.3, -0.25) is 0 Å². The molecule has 0 aliphatic carbocycles. The summed E-state index contributed by atoms with van der Waals surface area (Å²) in [4.78, 5) is 4.60. The van der Waals surface area contributed by atoms with E-state index >= 15 is 0 Å². The van der Waals surface area contributed by atoms with E-state index in [1.807, 2.05) is 36.4 Å². The van der Waals surface area contributed by atoms with E-state index in [0.717, 1.165) is 30.4 Å². The molecule has 136 valence electrons. The number of fused-ring (bicyclic) bond motifs is 1. The van der Waals surface area contributed by atoms with Crippen LogP contribution in [-0.2, 0) is 13.0 Å². The zero-order chi connectivity index (χ0) is 18.3. The molecule has 0 bridgehead atoms. The number of nitrogens with zero attached hydrogens (tertiary/aromatic N) is 1. The smallest absolute Gasteiger partial charge is 0.196 e. The average Bonchev–Trinajstić information content (AvgIpc) is 2.73. The Morgan fingerprint density at radius 1 is 0.889 bits per heavy atom. The number of rotatable bonds is 6. The van der Waals surface area contributed by atoms with Crippen LogP contribution in [-0.4, -0.2) is 19.1 Å². The Balaban J connectivity index is 1.32. The van der Waals surface area contributed by atoms with Crippen LogP contribution in [0.1, 0.15) is 16.7 Å². The highest BCUT2D eigenvalue weighted by molar-refractivity contribution is 5.84. The van der Waals surface area contributed by atoms with Gasteiger partial charge in [-0.15, -0.1) is 0 Å². The van der Waals surface area contributed by atoms with Gasteiger partial charge in [0.2, 0.25) is 0 Å². The third kappa shape index (κ3) is 4.47. The lowest BCUT2D eigenvalue weighted by Gasteiger charge is -2.19. The fraction of sp³-hybridized carbons (Fsp3) is 0.174. The molecule has 2 N–H and O–H groups in total. The molecule has 3 aromatic carbocycles. The maximum absolute atomic E-state index is 6.02. The molecule has 0 fully saturated rings. The van der Waals surface area contributed by atoms with E-state index in [1.165, 1.54) is 16.7 Å². The standard InChI is InChI=1S/C23H23N3O/c1-2-8-18(9-3-1)16-19-10-5-7-13-22(19)27-15-14-24-23-25-17-20-11-4-6-12-21(20)26-23/h1-13H,14-17H2,(H2,24,25,26). The topological polar surface area (TPSA) is 45.6 Å². The zero-order valence-electron chi connectivity index (χ0n) is 15.2. The zero-order valence-corrected chi connectivity index (χ0v) is 15.2. The van der Waals surface area contributed by atoms with Crippen LogP contribution in [0, 0.1) is 0 Å². The van der Waals surface area contributed by atoms with Gasteiger partial charge >= 0.3 is 0 Å². The number of benzene rings is 3. The Morgan fingerprint density at radius 2 is 1.67 bits per heavy atom. The summed E-state index contributed by atoms with van der Waals surface area (Å²) in [7, 11) is 0. The number of hydrogen-bond donors (Lipinski definition) is 2. The van der Waals surface area contributed by atoms with E-state index in [4.69, 9.17) is 4.74 Å². The van der Waals surface area contributed by atoms with Crippen molar-refractivity contribution in [1.82, 2.24) is 10.6 Å². The molecule has 4 nitrogen and oxygen atoms in total. The molecular weight excluding hydrogens is 334 g/mol. The summed E-state index contributed by atoms with van der Waals surface area (Å²) in [6.45, 7) is 2.06. The van der Waals surface area contributed by atoms with Crippen molar-refractivity contribution in [1.29, 1.82) is 0 Å². The number of hydrogen-bond acceptors (Lipinski definition) is 4. The van der Waals surface area contributed by atoms with E-state index in [-0.39, 0.29) is 0 Å². The lowest BCUT2D eigenvalue weighted by Crippen LogP contribution is -2.40. The van der Waals surface area contributed by atoms with Gasteiger partial charge in [0.25, 0.3) is 0 Å². The van der Waals surface area contributed by atoms with Gasteiger partial charge in [-0.1, -0.05) is 66.7 Å². The second kappa shape index (κ2) is 8.41.